The summed E-state index contributed by atoms with van der Waals surface area (Å²) in [7, 11) is 0. The Labute approximate surface area is 198 Å². The Morgan fingerprint density at radius 3 is 2.65 bits per heavy atom. The van der Waals surface area contributed by atoms with Crippen LogP contribution in [0.5, 0.6) is 0 Å². The van der Waals surface area contributed by atoms with Crippen LogP contribution in [0.4, 0.5) is 15.0 Å². The van der Waals surface area contributed by atoms with Gasteiger partial charge in [0.05, 0.1) is 18.6 Å². The highest BCUT2D eigenvalue weighted by molar-refractivity contribution is 5.93. The fraction of sp³-hybridized carbons (Fsp3) is 0.480. The van der Waals surface area contributed by atoms with E-state index in [9.17, 15) is 9.18 Å². The van der Waals surface area contributed by atoms with Crippen molar-refractivity contribution in [2.45, 2.75) is 45.3 Å². The third kappa shape index (κ3) is 4.20. The van der Waals surface area contributed by atoms with Crippen molar-refractivity contribution < 1.29 is 18.7 Å². The first-order valence-electron chi connectivity index (χ1n) is 11.7. The van der Waals surface area contributed by atoms with Crippen molar-refractivity contribution in [3.05, 3.63) is 48.2 Å². The van der Waals surface area contributed by atoms with Crippen LogP contribution in [0.25, 0.3) is 16.7 Å². The second-order valence-electron chi connectivity index (χ2n) is 10.0. The molecule has 180 valence electrons. The lowest BCUT2D eigenvalue weighted by Crippen LogP contribution is -2.55. The predicted molar refractivity (Wildman–Crippen MR) is 127 cm³/mol. The van der Waals surface area contributed by atoms with Crippen LogP contribution in [0.1, 0.15) is 39.2 Å². The number of anilines is 1. The molecule has 0 unspecified atom stereocenters. The van der Waals surface area contributed by atoms with Crippen LogP contribution in [0, 0.1) is 5.82 Å². The van der Waals surface area contributed by atoms with Crippen LogP contribution in [-0.4, -0.2) is 70.0 Å². The number of amides is 1. The quantitative estimate of drug-likeness (QED) is 0.577. The van der Waals surface area contributed by atoms with Crippen LogP contribution in [-0.2, 0) is 9.47 Å². The van der Waals surface area contributed by atoms with E-state index in [2.05, 4.69) is 21.8 Å². The molecular formula is C25H30FN5O3. The minimum Gasteiger partial charge on any atom is -0.444 e. The van der Waals surface area contributed by atoms with Crippen molar-refractivity contribution in [1.82, 2.24) is 19.4 Å². The number of rotatable bonds is 3. The number of nitrogens with zero attached hydrogens (tertiary/aromatic N) is 5. The second-order valence-corrected chi connectivity index (χ2v) is 10.0. The molecule has 0 aliphatic carbocycles. The molecule has 9 heteroatoms. The molecule has 3 aromatic rings. The van der Waals surface area contributed by atoms with Gasteiger partial charge in [-0.1, -0.05) is 6.07 Å². The molecule has 34 heavy (non-hydrogen) atoms. The van der Waals surface area contributed by atoms with Gasteiger partial charge in [-0.3, -0.25) is 0 Å². The Morgan fingerprint density at radius 1 is 1.21 bits per heavy atom. The average molecular weight is 468 g/mol. The van der Waals surface area contributed by atoms with Gasteiger partial charge in [-0.15, -0.1) is 0 Å². The summed E-state index contributed by atoms with van der Waals surface area (Å²) in [4.78, 5) is 25.9. The summed E-state index contributed by atoms with van der Waals surface area (Å²) in [6.07, 6.45) is 3.30. The Kier molecular flexibility index (Phi) is 5.67. The van der Waals surface area contributed by atoms with Crippen LogP contribution >= 0.6 is 0 Å². The van der Waals surface area contributed by atoms with Gasteiger partial charge in [0.1, 0.15) is 29.2 Å². The number of hydrogen-bond donors (Lipinski definition) is 0. The van der Waals surface area contributed by atoms with Crippen molar-refractivity contribution in [1.29, 1.82) is 0 Å². The number of benzene rings is 1. The normalized spacial score (nSPS) is 19.4. The van der Waals surface area contributed by atoms with Crippen molar-refractivity contribution in [3.8, 4) is 5.69 Å². The van der Waals surface area contributed by atoms with Crippen LogP contribution in [0.3, 0.4) is 0 Å². The van der Waals surface area contributed by atoms with E-state index in [0.29, 0.717) is 38.5 Å². The summed E-state index contributed by atoms with van der Waals surface area (Å²) in [5.41, 5.74) is 2.02. The Hall–Kier alpha value is -3.20. The first-order chi connectivity index (χ1) is 16.2. The van der Waals surface area contributed by atoms with Gasteiger partial charge in [-0.2, -0.15) is 0 Å². The molecule has 0 radical (unpaired) electrons. The number of hydrogen-bond acceptors (Lipinski definition) is 6. The molecule has 0 N–H and O–H groups in total. The summed E-state index contributed by atoms with van der Waals surface area (Å²) in [5.74, 6) is 0.771. The number of aromatic nitrogens is 3. The van der Waals surface area contributed by atoms with Gasteiger partial charge in [0, 0.05) is 43.5 Å². The molecule has 1 atom stereocenters. The molecule has 2 aliphatic heterocycles. The minimum atomic E-state index is -0.532. The van der Waals surface area contributed by atoms with Gasteiger partial charge >= 0.3 is 6.09 Å². The number of piperazine rings is 1. The summed E-state index contributed by atoms with van der Waals surface area (Å²) < 4.78 is 27.0. The molecule has 2 aromatic heterocycles. The highest BCUT2D eigenvalue weighted by atomic mass is 19.1. The van der Waals surface area contributed by atoms with E-state index in [4.69, 9.17) is 9.47 Å². The molecule has 2 aliphatic rings. The van der Waals surface area contributed by atoms with Gasteiger partial charge in [0.2, 0.25) is 0 Å². The molecule has 1 amide bonds. The Morgan fingerprint density at radius 2 is 2.00 bits per heavy atom. The zero-order valence-electron chi connectivity index (χ0n) is 20.0. The van der Waals surface area contributed by atoms with Gasteiger partial charge in [-0.25, -0.2) is 19.2 Å². The Bertz CT molecular complexity index is 1220. The van der Waals surface area contributed by atoms with E-state index in [1.807, 2.05) is 37.6 Å². The summed E-state index contributed by atoms with van der Waals surface area (Å²) in [6.45, 7) is 10.7. The summed E-state index contributed by atoms with van der Waals surface area (Å²) in [6, 6.07) is 6.53. The van der Waals surface area contributed by atoms with Crippen LogP contribution < -0.4 is 4.90 Å². The largest absolute Gasteiger partial charge is 0.444 e. The van der Waals surface area contributed by atoms with Crippen molar-refractivity contribution in [3.63, 3.8) is 0 Å². The van der Waals surface area contributed by atoms with Crippen molar-refractivity contribution in [2.75, 3.05) is 37.7 Å². The fourth-order valence-corrected chi connectivity index (χ4v) is 4.60. The summed E-state index contributed by atoms with van der Waals surface area (Å²) >= 11 is 0. The minimum absolute atomic E-state index is 0.0300. The lowest BCUT2D eigenvalue weighted by atomic mass is 9.97. The first kappa shape index (κ1) is 22.6. The van der Waals surface area contributed by atoms with E-state index >= 15 is 0 Å². The number of carbonyl (C=O) groups excluding carboxylic acids is 1. The fourth-order valence-electron chi connectivity index (χ4n) is 4.60. The number of carbonyl (C=O) groups is 1. The lowest BCUT2D eigenvalue weighted by Gasteiger charge is -2.41. The zero-order chi connectivity index (χ0) is 24.0. The number of halogens is 1. The number of ether oxygens (including phenoxy) is 2. The monoisotopic (exact) mass is 467 g/mol. The zero-order valence-corrected chi connectivity index (χ0v) is 20.0. The highest BCUT2D eigenvalue weighted by Gasteiger charge is 2.34. The molecule has 4 heterocycles. The maximum atomic E-state index is 14.0. The molecule has 0 bridgehead atoms. The molecule has 2 fully saturated rings. The van der Waals surface area contributed by atoms with E-state index in [1.54, 1.807) is 17.3 Å². The van der Waals surface area contributed by atoms with Crippen LogP contribution in [0.15, 0.2) is 36.8 Å². The van der Waals surface area contributed by atoms with Crippen LogP contribution in [0.2, 0.25) is 0 Å². The van der Waals surface area contributed by atoms with Gasteiger partial charge in [0.15, 0.2) is 0 Å². The SMILES string of the molecule is C[C@H]1CN(C(=O)OC(C)(C)C)CCN1c1ncnc2c1c(C1COC1)cn2-c1cccc(F)c1. The number of fused-ring (bicyclic) bond motifs is 1. The first-order valence-corrected chi connectivity index (χ1v) is 11.7. The van der Waals surface area contributed by atoms with Gasteiger partial charge in [0.25, 0.3) is 0 Å². The molecular weight excluding hydrogens is 437 g/mol. The van der Waals surface area contributed by atoms with Crippen molar-refractivity contribution in [2.24, 2.45) is 0 Å². The standard InChI is InChI=1S/C25H30FN5O3/c1-16-11-29(24(32)34-25(2,3)4)8-9-30(16)22-21-20(17-13-33-14-17)12-31(23(21)28-15-27-22)19-7-5-6-18(26)10-19/h5-7,10,12,15-17H,8-9,11,13-14H2,1-4H3/t16-/m0/s1. The van der Waals surface area contributed by atoms with Gasteiger partial charge < -0.3 is 23.8 Å². The third-order valence-electron chi connectivity index (χ3n) is 6.31. The summed E-state index contributed by atoms with van der Waals surface area (Å²) in [5, 5.41) is 0.956. The average Bonchev–Trinajstić information content (AvgIpc) is 3.11. The topological polar surface area (TPSA) is 72.7 Å². The molecule has 0 saturated carbocycles. The second kappa shape index (κ2) is 8.54. The van der Waals surface area contributed by atoms with E-state index in [0.717, 1.165) is 22.4 Å². The highest BCUT2D eigenvalue weighted by Crippen LogP contribution is 2.38. The van der Waals surface area contributed by atoms with E-state index < -0.39 is 5.60 Å². The van der Waals surface area contributed by atoms with E-state index in [-0.39, 0.29) is 23.9 Å². The van der Waals surface area contributed by atoms with Gasteiger partial charge in [-0.05, 0) is 51.5 Å². The molecule has 8 nitrogen and oxygen atoms in total. The molecule has 2 saturated heterocycles. The lowest BCUT2D eigenvalue weighted by molar-refractivity contribution is 0.00895. The Balaban J connectivity index is 1.51. The third-order valence-corrected chi connectivity index (χ3v) is 6.31. The van der Waals surface area contributed by atoms with E-state index in [1.165, 1.54) is 12.1 Å². The smallest absolute Gasteiger partial charge is 0.410 e. The molecule has 1 aromatic carbocycles. The maximum absolute atomic E-state index is 14.0. The van der Waals surface area contributed by atoms with Crippen molar-refractivity contribution >= 4 is 22.9 Å². The predicted octanol–water partition coefficient (Wildman–Crippen LogP) is 4.12. The maximum Gasteiger partial charge on any atom is 0.410 e. The molecule has 0 spiro atoms. The molecule has 5 rings (SSSR count).